The average Bonchev–Trinajstić information content (AvgIpc) is 2.70. The average molecular weight is 222 g/mol. The number of Topliss-reactive ketones (excluding diaryl/α,β-unsaturated/α-hetero) is 1. The monoisotopic (exact) mass is 222 g/mol. The van der Waals surface area contributed by atoms with Gasteiger partial charge in [0.1, 0.15) is 12.0 Å². The highest BCUT2D eigenvalue weighted by Gasteiger charge is 2.14. The van der Waals surface area contributed by atoms with Crippen LogP contribution in [0.5, 0.6) is 0 Å². The third kappa shape index (κ3) is 3.84. The summed E-state index contributed by atoms with van der Waals surface area (Å²) in [4.78, 5) is 11.9. The van der Waals surface area contributed by atoms with Gasteiger partial charge in [0.2, 0.25) is 0 Å². The van der Waals surface area contributed by atoms with Gasteiger partial charge in [0.25, 0.3) is 0 Å². The van der Waals surface area contributed by atoms with E-state index in [1.54, 1.807) is 6.26 Å². The highest BCUT2D eigenvalue weighted by molar-refractivity contribution is 5.95. The predicted octanol–water partition coefficient (Wildman–Crippen LogP) is 4.38. The molecule has 0 radical (unpaired) electrons. The first-order valence-electron chi connectivity index (χ1n) is 6.25. The molecule has 1 aromatic rings. The van der Waals surface area contributed by atoms with Gasteiger partial charge in [0.05, 0.1) is 5.56 Å². The third-order valence-electron chi connectivity index (χ3n) is 3.07. The van der Waals surface area contributed by atoms with Crippen LogP contribution in [0.4, 0.5) is 0 Å². The van der Waals surface area contributed by atoms with E-state index >= 15 is 0 Å². The number of ketones is 1. The normalized spacial score (nSPS) is 12.7. The van der Waals surface area contributed by atoms with Crippen molar-refractivity contribution in [1.82, 2.24) is 0 Å². The van der Waals surface area contributed by atoms with Gasteiger partial charge in [-0.3, -0.25) is 4.79 Å². The van der Waals surface area contributed by atoms with Crippen molar-refractivity contribution in [3.8, 4) is 0 Å². The van der Waals surface area contributed by atoms with E-state index in [1.165, 1.54) is 12.8 Å². The Morgan fingerprint density at radius 1 is 1.44 bits per heavy atom. The molecule has 0 bridgehead atoms. The molecule has 1 aromatic heterocycles. The molecule has 0 aliphatic rings. The number of carbonyl (C=O) groups excluding carboxylic acids is 1. The Bertz CT molecular complexity index is 325. The van der Waals surface area contributed by atoms with Crippen molar-refractivity contribution in [2.45, 2.75) is 52.9 Å². The lowest BCUT2D eigenvalue weighted by molar-refractivity contribution is 0.0956. The summed E-state index contributed by atoms with van der Waals surface area (Å²) in [6, 6.07) is 1.83. The van der Waals surface area contributed by atoms with E-state index in [-0.39, 0.29) is 5.78 Å². The van der Waals surface area contributed by atoms with Crippen molar-refractivity contribution in [3.05, 3.63) is 23.7 Å². The Balaban J connectivity index is 2.48. The standard InChI is InChI=1S/C14H22O2/c1-4-6-7-12(5-2)9-14(15)13-8-11(3)16-10-13/h8,10,12H,4-7,9H2,1-3H3. The van der Waals surface area contributed by atoms with Crippen LogP contribution in [0.15, 0.2) is 16.7 Å². The Hall–Kier alpha value is -1.05. The largest absolute Gasteiger partial charge is 0.469 e. The van der Waals surface area contributed by atoms with Crippen molar-refractivity contribution in [2.24, 2.45) is 5.92 Å². The molecule has 0 aliphatic carbocycles. The van der Waals surface area contributed by atoms with E-state index < -0.39 is 0 Å². The van der Waals surface area contributed by atoms with Crippen LogP contribution in [-0.2, 0) is 0 Å². The van der Waals surface area contributed by atoms with Crippen LogP contribution in [0.25, 0.3) is 0 Å². The first-order valence-corrected chi connectivity index (χ1v) is 6.25. The maximum atomic E-state index is 11.9. The van der Waals surface area contributed by atoms with Crippen LogP contribution >= 0.6 is 0 Å². The Morgan fingerprint density at radius 3 is 2.69 bits per heavy atom. The number of rotatable bonds is 7. The summed E-state index contributed by atoms with van der Waals surface area (Å²) >= 11 is 0. The van der Waals surface area contributed by atoms with Gasteiger partial charge in [0.15, 0.2) is 5.78 Å². The minimum absolute atomic E-state index is 0.222. The summed E-state index contributed by atoms with van der Waals surface area (Å²) in [6.45, 7) is 6.22. The number of hydrogen-bond acceptors (Lipinski definition) is 2. The first kappa shape index (κ1) is 13.0. The molecular formula is C14H22O2. The Morgan fingerprint density at radius 2 is 2.19 bits per heavy atom. The zero-order valence-corrected chi connectivity index (χ0v) is 10.6. The van der Waals surface area contributed by atoms with E-state index in [2.05, 4.69) is 13.8 Å². The second-order valence-corrected chi connectivity index (χ2v) is 4.49. The van der Waals surface area contributed by atoms with E-state index in [4.69, 9.17) is 4.42 Å². The van der Waals surface area contributed by atoms with Gasteiger partial charge < -0.3 is 4.42 Å². The molecule has 0 N–H and O–H groups in total. The molecule has 0 aliphatic heterocycles. The molecule has 90 valence electrons. The minimum atomic E-state index is 0.222. The fourth-order valence-corrected chi connectivity index (χ4v) is 1.91. The lowest BCUT2D eigenvalue weighted by Gasteiger charge is -2.12. The zero-order valence-electron chi connectivity index (χ0n) is 10.6. The Kier molecular flexibility index (Phi) is 5.30. The third-order valence-corrected chi connectivity index (χ3v) is 3.07. The number of hydrogen-bond donors (Lipinski definition) is 0. The lowest BCUT2D eigenvalue weighted by Crippen LogP contribution is -2.07. The topological polar surface area (TPSA) is 30.2 Å². The number of unbranched alkanes of at least 4 members (excludes halogenated alkanes) is 1. The molecule has 1 heterocycles. The number of furan rings is 1. The fraction of sp³-hybridized carbons (Fsp3) is 0.643. The van der Waals surface area contributed by atoms with E-state index in [9.17, 15) is 4.79 Å². The summed E-state index contributed by atoms with van der Waals surface area (Å²) < 4.78 is 5.16. The maximum absolute atomic E-state index is 11.9. The molecule has 1 rings (SSSR count). The van der Waals surface area contributed by atoms with E-state index in [0.29, 0.717) is 12.3 Å². The smallest absolute Gasteiger partial charge is 0.166 e. The molecule has 0 aromatic carbocycles. The molecule has 2 nitrogen and oxygen atoms in total. The van der Waals surface area contributed by atoms with Crippen LogP contribution in [0.2, 0.25) is 0 Å². The summed E-state index contributed by atoms with van der Waals surface area (Å²) in [5.41, 5.74) is 0.729. The summed E-state index contributed by atoms with van der Waals surface area (Å²) in [5.74, 6) is 1.56. The quantitative estimate of drug-likeness (QED) is 0.641. The van der Waals surface area contributed by atoms with Crippen LogP contribution in [-0.4, -0.2) is 5.78 Å². The molecule has 16 heavy (non-hydrogen) atoms. The molecule has 2 heteroatoms. The van der Waals surface area contributed by atoms with Gasteiger partial charge in [-0.15, -0.1) is 0 Å². The Labute approximate surface area is 98.0 Å². The van der Waals surface area contributed by atoms with Crippen LogP contribution in [0, 0.1) is 12.8 Å². The zero-order chi connectivity index (χ0) is 12.0. The number of carbonyl (C=O) groups is 1. The van der Waals surface area contributed by atoms with Crippen molar-refractivity contribution < 1.29 is 9.21 Å². The van der Waals surface area contributed by atoms with Gasteiger partial charge in [-0.05, 0) is 18.9 Å². The molecule has 0 fully saturated rings. The summed E-state index contributed by atoms with van der Waals surface area (Å²) in [5, 5.41) is 0. The first-order chi connectivity index (χ1) is 7.67. The van der Waals surface area contributed by atoms with Gasteiger partial charge in [-0.1, -0.05) is 39.5 Å². The maximum Gasteiger partial charge on any atom is 0.166 e. The van der Waals surface area contributed by atoms with Crippen LogP contribution in [0.1, 0.15) is 62.1 Å². The van der Waals surface area contributed by atoms with Gasteiger partial charge in [0, 0.05) is 6.42 Å². The van der Waals surface area contributed by atoms with E-state index in [1.807, 2.05) is 13.0 Å². The van der Waals surface area contributed by atoms with Crippen molar-refractivity contribution in [2.75, 3.05) is 0 Å². The van der Waals surface area contributed by atoms with Gasteiger partial charge in [-0.25, -0.2) is 0 Å². The van der Waals surface area contributed by atoms with Crippen molar-refractivity contribution in [3.63, 3.8) is 0 Å². The fourth-order valence-electron chi connectivity index (χ4n) is 1.91. The molecule has 0 saturated carbocycles. The molecule has 0 spiro atoms. The lowest BCUT2D eigenvalue weighted by atomic mass is 9.92. The van der Waals surface area contributed by atoms with E-state index in [0.717, 1.165) is 24.2 Å². The molecule has 0 saturated heterocycles. The second-order valence-electron chi connectivity index (χ2n) is 4.49. The van der Waals surface area contributed by atoms with Crippen molar-refractivity contribution >= 4 is 5.78 Å². The summed E-state index contributed by atoms with van der Waals surface area (Å²) in [7, 11) is 0. The SMILES string of the molecule is CCCCC(CC)CC(=O)c1coc(C)c1. The highest BCUT2D eigenvalue weighted by atomic mass is 16.3. The molecule has 1 unspecified atom stereocenters. The van der Waals surface area contributed by atoms with Crippen LogP contribution < -0.4 is 0 Å². The summed E-state index contributed by atoms with van der Waals surface area (Å²) in [6.07, 6.45) is 6.91. The minimum Gasteiger partial charge on any atom is -0.469 e. The molecule has 0 amide bonds. The van der Waals surface area contributed by atoms with Gasteiger partial charge >= 0.3 is 0 Å². The van der Waals surface area contributed by atoms with Gasteiger partial charge in [-0.2, -0.15) is 0 Å². The molecular weight excluding hydrogens is 200 g/mol. The predicted molar refractivity (Wildman–Crippen MR) is 65.7 cm³/mol. The molecule has 1 atom stereocenters. The highest BCUT2D eigenvalue weighted by Crippen LogP contribution is 2.20. The van der Waals surface area contributed by atoms with Crippen molar-refractivity contribution in [1.29, 1.82) is 0 Å². The second kappa shape index (κ2) is 6.51. The van der Waals surface area contributed by atoms with Crippen LogP contribution in [0.3, 0.4) is 0 Å². The number of aryl methyl sites for hydroxylation is 1.